The number of esters is 1. The summed E-state index contributed by atoms with van der Waals surface area (Å²) >= 11 is 0. The summed E-state index contributed by atoms with van der Waals surface area (Å²) in [5.41, 5.74) is 0.646. The van der Waals surface area contributed by atoms with Gasteiger partial charge >= 0.3 is 16.1 Å². The van der Waals surface area contributed by atoms with Crippen molar-refractivity contribution in [1.82, 2.24) is 4.90 Å². The first-order chi connectivity index (χ1) is 15.7. The van der Waals surface area contributed by atoms with Crippen LogP contribution in [-0.4, -0.2) is 37.3 Å². The molecule has 2 aromatic rings. The molecule has 0 atom stereocenters. The van der Waals surface area contributed by atoms with Crippen molar-refractivity contribution in [3.05, 3.63) is 59.7 Å². The van der Waals surface area contributed by atoms with Crippen molar-refractivity contribution in [1.29, 1.82) is 0 Å². The lowest BCUT2D eigenvalue weighted by atomic mass is 9.91. The topological polar surface area (TPSA) is 90.0 Å². The van der Waals surface area contributed by atoms with Gasteiger partial charge in [0.1, 0.15) is 10.6 Å². The van der Waals surface area contributed by atoms with Crippen LogP contribution in [0.5, 0.6) is 5.75 Å². The van der Waals surface area contributed by atoms with Crippen LogP contribution in [0.15, 0.2) is 53.4 Å². The molecule has 0 saturated heterocycles. The molecule has 0 saturated carbocycles. The highest BCUT2D eigenvalue weighted by Crippen LogP contribution is 2.25. The Morgan fingerprint density at radius 1 is 0.941 bits per heavy atom. The average Bonchev–Trinajstić information content (AvgIpc) is 2.71. The molecule has 0 unspecified atom stereocenters. The van der Waals surface area contributed by atoms with E-state index < -0.39 is 22.2 Å². The van der Waals surface area contributed by atoms with Crippen molar-refractivity contribution in [3.63, 3.8) is 0 Å². The summed E-state index contributed by atoms with van der Waals surface area (Å²) in [6.45, 7) is 13.8. The number of carbonyl (C=O) groups excluding carboxylic acids is 2. The van der Waals surface area contributed by atoms with Crippen molar-refractivity contribution in [2.45, 2.75) is 78.5 Å². The number of amides is 1. The fourth-order valence-corrected chi connectivity index (χ4v) is 4.38. The highest BCUT2D eigenvalue weighted by molar-refractivity contribution is 7.87. The van der Waals surface area contributed by atoms with Gasteiger partial charge in [-0.25, -0.2) is 4.79 Å². The fourth-order valence-electron chi connectivity index (χ4n) is 3.26. The predicted octanol–water partition coefficient (Wildman–Crippen LogP) is 5.19. The van der Waals surface area contributed by atoms with Gasteiger partial charge in [-0.05, 0) is 62.9 Å². The maximum absolute atomic E-state index is 12.9. The van der Waals surface area contributed by atoms with Crippen molar-refractivity contribution in [2.75, 3.05) is 0 Å². The van der Waals surface area contributed by atoms with Crippen molar-refractivity contribution >= 4 is 22.0 Å². The molecule has 0 aliphatic carbocycles. The van der Waals surface area contributed by atoms with Crippen molar-refractivity contribution in [2.24, 2.45) is 5.41 Å². The van der Waals surface area contributed by atoms with Gasteiger partial charge < -0.3 is 13.8 Å². The molecule has 0 aliphatic rings. The largest absolute Gasteiger partial charge is 0.459 e. The van der Waals surface area contributed by atoms with Crippen LogP contribution in [0.3, 0.4) is 0 Å². The Hall–Kier alpha value is -2.87. The first-order valence-corrected chi connectivity index (χ1v) is 12.7. The molecule has 0 spiro atoms. The van der Waals surface area contributed by atoms with E-state index in [0.29, 0.717) is 13.0 Å². The third-order valence-electron chi connectivity index (χ3n) is 4.83. The van der Waals surface area contributed by atoms with Crippen LogP contribution in [0.25, 0.3) is 0 Å². The Bertz CT molecular complexity index is 1100. The molecule has 2 rings (SSSR count). The van der Waals surface area contributed by atoms with Crippen LogP contribution in [-0.2, 0) is 26.2 Å². The first kappa shape index (κ1) is 27.4. The Balaban J connectivity index is 2.20. The number of nitrogens with zero attached hydrogens (tertiary/aromatic N) is 1. The number of carbonyl (C=O) groups is 2. The first-order valence-electron chi connectivity index (χ1n) is 11.3. The lowest BCUT2D eigenvalue weighted by Crippen LogP contribution is -2.38. The van der Waals surface area contributed by atoms with Crippen LogP contribution in [0.2, 0.25) is 0 Å². The predicted molar refractivity (Wildman–Crippen MR) is 131 cm³/mol. The van der Waals surface area contributed by atoms with Crippen molar-refractivity contribution < 1.29 is 26.9 Å². The third kappa shape index (κ3) is 7.87. The lowest BCUT2D eigenvalue weighted by molar-refractivity contribution is -0.135. The highest BCUT2D eigenvalue weighted by atomic mass is 32.2. The molecule has 186 valence electrons. The van der Waals surface area contributed by atoms with Crippen molar-refractivity contribution in [3.8, 4) is 5.75 Å². The molecule has 0 N–H and O–H groups in total. The zero-order valence-corrected chi connectivity index (χ0v) is 21.8. The zero-order chi connectivity index (χ0) is 25.7. The van der Waals surface area contributed by atoms with Gasteiger partial charge in [-0.2, -0.15) is 8.42 Å². The quantitative estimate of drug-likeness (QED) is 0.356. The highest BCUT2D eigenvalue weighted by Gasteiger charge is 2.26. The molecule has 7 nitrogen and oxygen atoms in total. The normalized spacial score (nSPS) is 12.0. The number of rotatable bonds is 9. The number of hydrogen-bond donors (Lipinski definition) is 0. The number of hydrogen-bond acceptors (Lipinski definition) is 6. The minimum atomic E-state index is -4.27. The summed E-state index contributed by atoms with van der Waals surface area (Å²) in [5, 5.41) is 0. The van der Waals surface area contributed by atoms with E-state index in [4.69, 9.17) is 8.92 Å². The fraction of sp³-hybridized carbons (Fsp3) is 0.462. The second-order valence-corrected chi connectivity index (χ2v) is 11.5. The second-order valence-electron chi connectivity index (χ2n) is 9.98. The van der Waals surface area contributed by atoms with Crippen LogP contribution in [0.4, 0.5) is 0 Å². The van der Waals surface area contributed by atoms with Gasteiger partial charge in [0.05, 0.1) is 11.7 Å². The summed E-state index contributed by atoms with van der Waals surface area (Å²) in [4.78, 5) is 26.6. The minimum absolute atomic E-state index is 0.0215. The van der Waals surface area contributed by atoms with Gasteiger partial charge in [0.15, 0.2) is 0 Å². The van der Waals surface area contributed by atoms with E-state index in [-0.39, 0.29) is 33.6 Å². The SMILES string of the molecule is CC(C)OC(=O)c1ccccc1S(=O)(=O)Oc1ccc(CN(C(=O)CC(C)(C)C)C(C)C)cc1. The van der Waals surface area contributed by atoms with Crippen LogP contribution >= 0.6 is 0 Å². The molecular formula is C26H35NO6S. The van der Waals surface area contributed by atoms with E-state index in [1.165, 1.54) is 30.3 Å². The van der Waals surface area contributed by atoms with E-state index in [1.807, 2.05) is 34.6 Å². The molecular weight excluding hydrogens is 454 g/mol. The molecule has 0 bridgehead atoms. The smallest absolute Gasteiger partial charge is 0.340 e. The van der Waals surface area contributed by atoms with Gasteiger partial charge in [0, 0.05) is 19.0 Å². The molecule has 34 heavy (non-hydrogen) atoms. The Morgan fingerprint density at radius 3 is 2.06 bits per heavy atom. The molecule has 0 aromatic heterocycles. The lowest BCUT2D eigenvalue weighted by Gasteiger charge is -2.30. The third-order valence-corrected chi connectivity index (χ3v) is 6.13. The van der Waals surface area contributed by atoms with E-state index in [9.17, 15) is 18.0 Å². The monoisotopic (exact) mass is 489 g/mol. The molecule has 1 amide bonds. The minimum Gasteiger partial charge on any atom is -0.459 e. The number of benzene rings is 2. The summed E-state index contributed by atoms with van der Waals surface area (Å²) in [6.07, 6.45) is 0.0425. The molecule has 0 fully saturated rings. The summed E-state index contributed by atoms with van der Waals surface area (Å²) < 4.78 is 36.2. The number of ether oxygens (including phenoxy) is 1. The maximum atomic E-state index is 12.9. The van der Waals surface area contributed by atoms with Crippen LogP contribution in [0, 0.1) is 5.41 Å². The van der Waals surface area contributed by atoms with E-state index >= 15 is 0 Å². The second kappa shape index (κ2) is 11.0. The molecule has 0 radical (unpaired) electrons. The Morgan fingerprint density at radius 2 is 1.53 bits per heavy atom. The van der Waals surface area contributed by atoms with Crippen LogP contribution in [0.1, 0.15) is 70.8 Å². The Kier molecular flexibility index (Phi) is 8.89. The summed E-state index contributed by atoms with van der Waals surface area (Å²) in [5.74, 6) is -0.565. The van der Waals surface area contributed by atoms with Crippen LogP contribution < -0.4 is 4.18 Å². The summed E-state index contributed by atoms with van der Waals surface area (Å²) in [6, 6.07) is 12.3. The van der Waals surface area contributed by atoms with Gasteiger partial charge in [-0.1, -0.05) is 45.0 Å². The maximum Gasteiger partial charge on any atom is 0.340 e. The van der Waals surface area contributed by atoms with E-state index in [2.05, 4.69) is 0 Å². The van der Waals surface area contributed by atoms with Gasteiger partial charge in [-0.15, -0.1) is 0 Å². The molecule has 0 heterocycles. The van der Waals surface area contributed by atoms with Gasteiger partial charge in [-0.3, -0.25) is 4.79 Å². The molecule has 2 aromatic carbocycles. The zero-order valence-electron chi connectivity index (χ0n) is 21.0. The van der Waals surface area contributed by atoms with Gasteiger partial charge in [0.2, 0.25) is 5.91 Å². The van der Waals surface area contributed by atoms with E-state index in [0.717, 1.165) is 5.56 Å². The molecule has 8 heteroatoms. The van der Waals surface area contributed by atoms with E-state index in [1.54, 1.807) is 36.9 Å². The summed E-state index contributed by atoms with van der Waals surface area (Å²) in [7, 11) is -4.27. The van der Waals surface area contributed by atoms with Gasteiger partial charge in [0.25, 0.3) is 0 Å². The Labute approximate surface area is 203 Å². The molecule has 0 aliphatic heterocycles. The standard InChI is InChI=1S/C26H35NO6S/c1-18(2)27(24(28)16-26(5,6)7)17-20-12-14-21(15-13-20)33-34(30,31)23-11-9-8-10-22(23)25(29)32-19(3)4/h8-15,18-19H,16-17H2,1-7H3. The average molecular weight is 490 g/mol.